The van der Waals surface area contributed by atoms with E-state index in [1.165, 1.54) is 6.33 Å². The molecular formula is C12H15N3O. The molecule has 0 bridgehead atoms. The zero-order chi connectivity index (χ0) is 11.7. The smallest absolute Gasteiger partial charge is 0.252 e. The number of fused-ring (bicyclic) bond motifs is 1. The standard InChI is InChI=1S/C12H15N3O/c1-8(2)6-15-11(16)5-4-10-9(3)13-7-14-12(10)15/h4-5,7-8H,6H2,1-3H3. The average molecular weight is 217 g/mol. The number of hydrogen-bond acceptors (Lipinski definition) is 3. The minimum atomic E-state index is -0.000648. The lowest BCUT2D eigenvalue weighted by Gasteiger charge is -2.11. The minimum absolute atomic E-state index is 0.000648. The number of hydrogen-bond donors (Lipinski definition) is 0. The van der Waals surface area contributed by atoms with Gasteiger partial charge in [0.1, 0.15) is 12.0 Å². The number of nitrogens with zero attached hydrogens (tertiary/aromatic N) is 3. The van der Waals surface area contributed by atoms with Crippen molar-refractivity contribution in [2.24, 2.45) is 5.92 Å². The quantitative estimate of drug-likeness (QED) is 0.770. The van der Waals surface area contributed by atoms with Crippen LogP contribution in [0, 0.1) is 12.8 Å². The Hall–Kier alpha value is -1.71. The lowest BCUT2D eigenvalue weighted by molar-refractivity contribution is 0.521. The lowest BCUT2D eigenvalue weighted by Crippen LogP contribution is -2.22. The van der Waals surface area contributed by atoms with Gasteiger partial charge in [0.25, 0.3) is 5.56 Å². The van der Waals surface area contributed by atoms with Gasteiger partial charge in [-0.1, -0.05) is 13.8 Å². The van der Waals surface area contributed by atoms with Crippen molar-refractivity contribution in [3.63, 3.8) is 0 Å². The Kier molecular flexibility index (Phi) is 2.73. The van der Waals surface area contributed by atoms with Crippen LogP contribution >= 0.6 is 0 Å². The van der Waals surface area contributed by atoms with E-state index in [0.717, 1.165) is 16.7 Å². The van der Waals surface area contributed by atoms with Gasteiger partial charge in [-0.3, -0.25) is 9.36 Å². The number of aromatic nitrogens is 3. The van der Waals surface area contributed by atoms with E-state index in [1.807, 2.05) is 6.92 Å². The van der Waals surface area contributed by atoms with Crippen LogP contribution in [0.2, 0.25) is 0 Å². The van der Waals surface area contributed by atoms with Crippen LogP contribution in [-0.2, 0) is 6.54 Å². The Morgan fingerprint density at radius 2 is 2.06 bits per heavy atom. The van der Waals surface area contributed by atoms with Gasteiger partial charge < -0.3 is 0 Å². The van der Waals surface area contributed by atoms with Gasteiger partial charge in [-0.05, 0) is 18.9 Å². The van der Waals surface area contributed by atoms with Gasteiger partial charge >= 0.3 is 0 Å². The second kappa shape index (κ2) is 4.04. The van der Waals surface area contributed by atoms with E-state index in [0.29, 0.717) is 12.5 Å². The molecule has 0 fully saturated rings. The van der Waals surface area contributed by atoms with Gasteiger partial charge in [0.15, 0.2) is 0 Å². The Morgan fingerprint density at radius 1 is 1.31 bits per heavy atom. The molecule has 0 radical (unpaired) electrons. The van der Waals surface area contributed by atoms with Gasteiger partial charge in [0.2, 0.25) is 0 Å². The Labute approximate surface area is 94.0 Å². The highest BCUT2D eigenvalue weighted by molar-refractivity contribution is 5.76. The monoisotopic (exact) mass is 217 g/mol. The lowest BCUT2D eigenvalue weighted by atomic mass is 10.2. The third-order valence-corrected chi connectivity index (χ3v) is 2.52. The van der Waals surface area contributed by atoms with Gasteiger partial charge in [-0.15, -0.1) is 0 Å². The molecule has 0 aliphatic carbocycles. The molecule has 4 heteroatoms. The summed E-state index contributed by atoms with van der Waals surface area (Å²) < 4.78 is 1.72. The number of aryl methyl sites for hydroxylation is 1. The van der Waals surface area contributed by atoms with E-state index in [1.54, 1.807) is 16.7 Å². The van der Waals surface area contributed by atoms with Crippen LogP contribution in [0.4, 0.5) is 0 Å². The molecule has 0 aliphatic heterocycles. The summed E-state index contributed by atoms with van der Waals surface area (Å²) in [4.78, 5) is 20.1. The summed E-state index contributed by atoms with van der Waals surface area (Å²) in [7, 11) is 0. The Bertz CT molecular complexity index is 572. The number of pyridine rings is 1. The van der Waals surface area contributed by atoms with E-state index in [9.17, 15) is 4.79 Å². The topological polar surface area (TPSA) is 47.8 Å². The van der Waals surface area contributed by atoms with Gasteiger partial charge in [0.05, 0.1) is 5.69 Å². The molecule has 0 aromatic carbocycles. The van der Waals surface area contributed by atoms with Gasteiger partial charge in [-0.25, -0.2) is 9.97 Å². The van der Waals surface area contributed by atoms with E-state index in [-0.39, 0.29) is 5.56 Å². The van der Waals surface area contributed by atoms with Crippen LogP contribution in [-0.4, -0.2) is 14.5 Å². The highest BCUT2D eigenvalue weighted by Gasteiger charge is 2.07. The molecule has 16 heavy (non-hydrogen) atoms. The molecule has 2 aromatic heterocycles. The van der Waals surface area contributed by atoms with Crippen molar-refractivity contribution in [3.05, 3.63) is 34.5 Å². The second-order valence-corrected chi connectivity index (χ2v) is 4.37. The van der Waals surface area contributed by atoms with Crippen LogP contribution in [0.1, 0.15) is 19.5 Å². The summed E-state index contributed by atoms with van der Waals surface area (Å²) in [5.41, 5.74) is 1.63. The first kappa shape index (κ1) is 10.8. The Morgan fingerprint density at radius 3 is 2.75 bits per heavy atom. The molecule has 2 heterocycles. The fraction of sp³-hybridized carbons (Fsp3) is 0.417. The maximum atomic E-state index is 11.8. The van der Waals surface area contributed by atoms with E-state index in [4.69, 9.17) is 0 Å². The van der Waals surface area contributed by atoms with Crippen LogP contribution in [0.25, 0.3) is 11.0 Å². The Balaban J connectivity index is 2.75. The SMILES string of the molecule is Cc1ncnc2c1ccc(=O)n2CC(C)C. The molecule has 0 atom stereocenters. The molecule has 4 nitrogen and oxygen atoms in total. The maximum Gasteiger partial charge on any atom is 0.252 e. The molecule has 0 saturated carbocycles. The highest BCUT2D eigenvalue weighted by atomic mass is 16.1. The predicted octanol–water partition coefficient (Wildman–Crippen LogP) is 1.76. The third-order valence-electron chi connectivity index (χ3n) is 2.52. The van der Waals surface area contributed by atoms with Crippen molar-refractivity contribution < 1.29 is 0 Å². The van der Waals surface area contributed by atoms with Crippen molar-refractivity contribution >= 4 is 11.0 Å². The van der Waals surface area contributed by atoms with Crippen molar-refractivity contribution in [1.82, 2.24) is 14.5 Å². The van der Waals surface area contributed by atoms with E-state index < -0.39 is 0 Å². The summed E-state index contributed by atoms with van der Waals surface area (Å²) in [6.07, 6.45) is 1.51. The molecule has 0 unspecified atom stereocenters. The molecule has 0 saturated heterocycles. The molecule has 0 N–H and O–H groups in total. The average Bonchev–Trinajstić information content (AvgIpc) is 2.22. The summed E-state index contributed by atoms with van der Waals surface area (Å²) in [6.45, 7) is 6.78. The van der Waals surface area contributed by atoms with Crippen LogP contribution in [0.3, 0.4) is 0 Å². The molecular weight excluding hydrogens is 202 g/mol. The van der Waals surface area contributed by atoms with E-state index in [2.05, 4.69) is 23.8 Å². The minimum Gasteiger partial charge on any atom is -0.292 e. The first-order valence-electron chi connectivity index (χ1n) is 5.40. The fourth-order valence-electron chi connectivity index (χ4n) is 1.77. The van der Waals surface area contributed by atoms with E-state index >= 15 is 0 Å². The van der Waals surface area contributed by atoms with Crippen LogP contribution < -0.4 is 5.56 Å². The fourth-order valence-corrected chi connectivity index (χ4v) is 1.77. The summed E-state index contributed by atoms with van der Waals surface area (Å²) in [5, 5.41) is 0.947. The first-order valence-corrected chi connectivity index (χ1v) is 5.40. The predicted molar refractivity (Wildman–Crippen MR) is 63.4 cm³/mol. The third kappa shape index (κ3) is 1.83. The van der Waals surface area contributed by atoms with Crippen molar-refractivity contribution in [2.75, 3.05) is 0 Å². The zero-order valence-electron chi connectivity index (χ0n) is 9.77. The first-order chi connectivity index (χ1) is 7.59. The van der Waals surface area contributed by atoms with Gasteiger partial charge in [-0.2, -0.15) is 0 Å². The molecule has 0 aliphatic rings. The van der Waals surface area contributed by atoms with Crippen LogP contribution in [0.5, 0.6) is 0 Å². The van der Waals surface area contributed by atoms with Crippen molar-refractivity contribution in [1.29, 1.82) is 0 Å². The second-order valence-electron chi connectivity index (χ2n) is 4.37. The van der Waals surface area contributed by atoms with Gasteiger partial charge in [0, 0.05) is 18.0 Å². The molecule has 0 spiro atoms. The summed E-state index contributed by atoms with van der Waals surface area (Å²) in [5.74, 6) is 0.415. The number of rotatable bonds is 2. The van der Waals surface area contributed by atoms with Crippen molar-refractivity contribution in [3.8, 4) is 0 Å². The normalized spacial score (nSPS) is 11.2. The zero-order valence-corrected chi connectivity index (χ0v) is 9.77. The molecule has 0 amide bonds. The molecule has 2 rings (SSSR count). The highest BCUT2D eigenvalue weighted by Crippen LogP contribution is 2.12. The summed E-state index contributed by atoms with van der Waals surface area (Å²) >= 11 is 0. The largest absolute Gasteiger partial charge is 0.292 e. The molecule has 2 aromatic rings. The van der Waals surface area contributed by atoms with Crippen LogP contribution in [0.15, 0.2) is 23.3 Å². The summed E-state index contributed by atoms with van der Waals surface area (Å²) in [6, 6.07) is 3.38. The molecule has 84 valence electrons. The maximum absolute atomic E-state index is 11.8. The van der Waals surface area contributed by atoms with Crippen molar-refractivity contribution in [2.45, 2.75) is 27.3 Å².